The number of methoxy groups -OCH3 is 1. The molecule has 6 heterocycles. The molecule has 7 rings (SSSR count). The van der Waals surface area contributed by atoms with Gasteiger partial charge in [-0.05, 0) is 43.5 Å². The number of piperazine rings is 1. The Bertz CT molecular complexity index is 2420. The number of benzene rings is 1. The number of rotatable bonds is 9. The molecular weight excluding hydrogens is 761 g/mol. The number of amides is 2. The second-order valence-electron chi connectivity index (χ2n) is 13.1. The van der Waals surface area contributed by atoms with E-state index in [1.165, 1.54) is 13.4 Å². The van der Waals surface area contributed by atoms with Crippen LogP contribution in [-0.4, -0.2) is 102 Å². The second-order valence-corrected chi connectivity index (χ2v) is 13.5. The third-order valence-electron chi connectivity index (χ3n) is 9.59. The third-order valence-corrected chi connectivity index (χ3v) is 9.90. The highest BCUT2D eigenvalue weighted by Gasteiger charge is 2.33. The maximum Gasteiger partial charge on any atom is 0.416 e. The van der Waals surface area contributed by atoms with E-state index in [4.69, 9.17) is 25.7 Å². The number of halogens is 4. The SMILES string of the molecule is CCc1c(N2CCN(C(=O)c3ncnc(C)c3OC)CC2)c(=O)n2nc(C3=CCN(c4nnc(C)o4)CC3)nc2n1CC(=O)Nc1ccc(C(F)(F)F)cc1Cl. The average molecular weight is 797 g/mol. The Morgan fingerprint density at radius 2 is 1.82 bits per heavy atom. The predicted molar refractivity (Wildman–Crippen MR) is 197 cm³/mol. The molecule has 0 radical (unpaired) electrons. The number of nitrogens with zero attached hydrogens (tertiary/aromatic N) is 11. The van der Waals surface area contributed by atoms with Gasteiger partial charge in [-0.3, -0.25) is 14.4 Å². The molecule has 0 aliphatic carbocycles. The molecule has 294 valence electrons. The Kier molecular flexibility index (Phi) is 10.4. The van der Waals surface area contributed by atoms with E-state index < -0.39 is 23.2 Å². The summed E-state index contributed by atoms with van der Waals surface area (Å²) in [6.07, 6.45) is -0.647. The number of aromatic nitrogens is 8. The van der Waals surface area contributed by atoms with Crippen LogP contribution in [0.2, 0.25) is 5.02 Å². The van der Waals surface area contributed by atoms with Gasteiger partial charge in [-0.1, -0.05) is 29.7 Å². The van der Waals surface area contributed by atoms with Crippen molar-refractivity contribution in [3.63, 3.8) is 0 Å². The molecule has 0 spiro atoms. The maximum absolute atomic E-state index is 14.4. The highest BCUT2D eigenvalue weighted by Crippen LogP contribution is 2.34. The van der Waals surface area contributed by atoms with Crippen molar-refractivity contribution >= 4 is 52.2 Å². The standard InChI is InChI=1S/C35H36ClF3N12O5/c1-5-25-28(47-12-14-48(15-13-47)31(53)27-29(55-4)19(2)40-18-41-27)32(54)51-33(43-30(46-51)21-8-10-49(11-9-21)34-45-44-20(3)56-34)50(25)17-26(52)42-24-7-6-22(16-23(24)36)35(37,38)39/h6-8,16,18H,5,9-15,17H2,1-4H3,(H,42,52). The van der Waals surface area contributed by atoms with Crippen molar-refractivity contribution in [1.82, 2.24) is 44.2 Å². The molecular formula is C35H36ClF3N12O5. The summed E-state index contributed by atoms with van der Waals surface area (Å²) in [5.74, 6) is 0.121. The maximum atomic E-state index is 14.4. The lowest BCUT2D eigenvalue weighted by molar-refractivity contribution is -0.137. The van der Waals surface area contributed by atoms with Gasteiger partial charge in [-0.15, -0.1) is 10.2 Å². The Morgan fingerprint density at radius 1 is 1.05 bits per heavy atom. The van der Waals surface area contributed by atoms with Gasteiger partial charge in [0.15, 0.2) is 17.3 Å². The first-order chi connectivity index (χ1) is 26.8. The van der Waals surface area contributed by atoms with E-state index >= 15 is 0 Å². The van der Waals surface area contributed by atoms with Crippen molar-refractivity contribution in [2.75, 3.05) is 61.5 Å². The molecule has 17 nitrogen and oxygen atoms in total. The molecule has 5 aromatic rings. The number of carbonyl (C=O) groups excluding carboxylic acids is 2. The van der Waals surface area contributed by atoms with E-state index in [1.54, 1.807) is 23.3 Å². The number of carbonyl (C=O) groups is 2. The lowest BCUT2D eigenvalue weighted by atomic mass is 10.1. The highest BCUT2D eigenvalue weighted by atomic mass is 35.5. The summed E-state index contributed by atoms with van der Waals surface area (Å²) in [6.45, 7) is 6.79. The van der Waals surface area contributed by atoms with Crippen molar-refractivity contribution in [2.45, 2.75) is 46.3 Å². The number of ether oxygens (including phenoxy) is 1. The highest BCUT2D eigenvalue weighted by molar-refractivity contribution is 6.33. The molecule has 0 atom stereocenters. The molecule has 2 amide bonds. The van der Waals surface area contributed by atoms with Gasteiger partial charge in [-0.2, -0.15) is 22.7 Å². The van der Waals surface area contributed by atoms with E-state index in [-0.39, 0.29) is 84.5 Å². The number of hydrogen-bond acceptors (Lipinski definition) is 13. The van der Waals surface area contributed by atoms with E-state index in [0.717, 1.165) is 28.3 Å². The van der Waals surface area contributed by atoms with E-state index in [0.29, 0.717) is 42.8 Å². The Morgan fingerprint density at radius 3 is 2.45 bits per heavy atom. The zero-order chi connectivity index (χ0) is 39.9. The molecule has 56 heavy (non-hydrogen) atoms. The number of fused-ring (bicyclic) bond motifs is 1. The topological polar surface area (TPSA) is 182 Å². The summed E-state index contributed by atoms with van der Waals surface area (Å²) >= 11 is 6.16. The fourth-order valence-electron chi connectivity index (χ4n) is 6.79. The van der Waals surface area contributed by atoms with Crippen LogP contribution in [0.5, 0.6) is 5.75 Å². The minimum Gasteiger partial charge on any atom is -0.492 e. The van der Waals surface area contributed by atoms with E-state index in [2.05, 4.69) is 30.6 Å². The van der Waals surface area contributed by atoms with E-state index in [1.807, 2.05) is 22.8 Å². The Balaban J connectivity index is 1.22. The summed E-state index contributed by atoms with van der Waals surface area (Å²) in [6, 6.07) is 3.02. The molecule has 4 aromatic heterocycles. The van der Waals surface area contributed by atoms with Crippen LogP contribution < -0.4 is 25.4 Å². The Labute approximate surface area is 321 Å². The van der Waals surface area contributed by atoms with Crippen LogP contribution in [0.1, 0.15) is 52.5 Å². The van der Waals surface area contributed by atoms with Gasteiger partial charge in [0.05, 0.1) is 34.8 Å². The molecule has 1 N–H and O–H groups in total. The minimum absolute atomic E-state index is 0.0215. The quantitative estimate of drug-likeness (QED) is 0.228. The number of nitrogens with one attached hydrogen (secondary N) is 1. The average Bonchev–Trinajstić information content (AvgIpc) is 3.83. The fraction of sp³-hybridized carbons (Fsp3) is 0.400. The number of hydrogen-bond donors (Lipinski definition) is 1. The zero-order valence-electron chi connectivity index (χ0n) is 30.7. The summed E-state index contributed by atoms with van der Waals surface area (Å²) in [4.78, 5) is 60.0. The van der Waals surface area contributed by atoms with Crippen molar-refractivity contribution in [1.29, 1.82) is 0 Å². The van der Waals surface area contributed by atoms with Crippen LogP contribution in [0.15, 0.2) is 39.8 Å². The summed E-state index contributed by atoms with van der Waals surface area (Å²) in [5, 5.41) is 14.9. The minimum atomic E-state index is -4.62. The second kappa shape index (κ2) is 15.2. The van der Waals surface area contributed by atoms with Gasteiger partial charge in [0, 0.05) is 46.2 Å². The van der Waals surface area contributed by atoms with Crippen molar-refractivity contribution in [2.24, 2.45) is 0 Å². The van der Waals surface area contributed by atoms with Crippen molar-refractivity contribution in [3.8, 4) is 5.75 Å². The zero-order valence-corrected chi connectivity index (χ0v) is 31.5. The van der Waals surface area contributed by atoms with Crippen molar-refractivity contribution in [3.05, 3.63) is 80.3 Å². The molecule has 0 saturated carbocycles. The first kappa shape index (κ1) is 38.2. The van der Waals surface area contributed by atoms with Gasteiger partial charge in [-0.25, -0.2) is 9.97 Å². The molecule has 2 aliphatic heterocycles. The molecule has 0 bridgehead atoms. The van der Waals surface area contributed by atoms with Gasteiger partial charge in [0.25, 0.3) is 11.5 Å². The summed E-state index contributed by atoms with van der Waals surface area (Å²) < 4.78 is 53.5. The van der Waals surface area contributed by atoms with Gasteiger partial charge in [0.2, 0.25) is 17.6 Å². The lowest BCUT2D eigenvalue weighted by Gasteiger charge is -2.36. The van der Waals surface area contributed by atoms with Gasteiger partial charge in [0.1, 0.15) is 18.6 Å². The molecule has 21 heteroatoms. The number of anilines is 3. The van der Waals surface area contributed by atoms with Gasteiger partial charge < -0.3 is 33.7 Å². The first-order valence-corrected chi connectivity index (χ1v) is 18.0. The summed E-state index contributed by atoms with van der Waals surface area (Å²) in [7, 11) is 1.44. The lowest BCUT2D eigenvalue weighted by Crippen LogP contribution is -2.51. The number of aryl methyl sites for hydroxylation is 2. The molecule has 1 aromatic carbocycles. The molecule has 1 fully saturated rings. The van der Waals surface area contributed by atoms with Crippen LogP contribution in [0.25, 0.3) is 11.4 Å². The van der Waals surface area contributed by atoms with Gasteiger partial charge >= 0.3 is 12.2 Å². The number of alkyl halides is 3. The van der Waals surface area contributed by atoms with Crippen LogP contribution in [0, 0.1) is 13.8 Å². The van der Waals surface area contributed by atoms with E-state index in [9.17, 15) is 27.6 Å². The first-order valence-electron chi connectivity index (χ1n) is 17.6. The van der Waals surface area contributed by atoms with Crippen LogP contribution in [0.4, 0.5) is 30.6 Å². The molecule has 1 saturated heterocycles. The predicted octanol–water partition coefficient (Wildman–Crippen LogP) is 3.82. The smallest absolute Gasteiger partial charge is 0.416 e. The fourth-order valence-corrected chi connectivity index (χ4v) is 7.02. The van der Waals surface area contributed by atoms with Crippen LogP contribution >= 0.6 is 11.6 Å². The Hall–Kier alpha value is -6.05. The largest absolute Gasteiger partial charge is 0.492 e. The monoisotopic (exact) mass is 796 g/mol. The van der Waals surface area contributed by atoms with Crippen LogP contribution in [-0.2, 0) is 23.9 Å². The normalized spacial score (nSPS) is 15.0. The summed E-state index contributed by atoms with van der Waals surface area (Å²) in [5.41, 5.74) is 0.705. The third kappa shape index (κ3) is 7.35. The molecule has 0 unspecified atom stereocenters. The van der Waals surface area contributed by atoms with Crippen molar-refractivity contribution < 1.29 is 31.9 Å². The molecule has 2 aliphatic rings. The van der Waals surface area contributed by atoms with Crippen LogP contribution in [0.3, 0.4) is 0 Å².